The largest absolute Gasteiger partial charge is 0.416 e. The highest BCUT2D eigenvalue weighted by Crippen LogP contribution is 2.41. The normalized spacial score (nSPS) is 18.4. The highest BCUT2D eigenvalue weighted by atomic mass is 35.5. The van der Waals surface area contributed by atoms with Crippen LogP contribution in [-0.2, 0) is 30.5 Å². The smallest absolute Gasteiger partial charge is 0.367 e. The number of nitrogens with zero attached hydrogens (tertiary/aromatic N) is 6. The Balaban J connectivity index is 1.39. The van der Waals surface area contributed by atoms with Gasteiger partial charge in [-0.05, 0) is 56.5 Å². The molecular weight excluding hydrogens is 525 g/mol. The lowest BCUT2D eigenvalue weighted by molar-refractivity contribution is -0.138. The van der Waals surface area contributed by atoms with Gasteiger partial charge in [0.2, 0.25) is 5.91 Å². The zero-order chi connectivity index (χ0) is 26.5. The van der Waals surface area contributed by atoms with Crippen LogP contribution in [0.3, 0.4) is 0 Å². The maximum Gasteiger partial charge on any atom is 0.416 e. The first-order chi connectivity index (χ1) is 17.5. The number of piperazine rings is 1. The van der Waals surface area contributed by atoms with Crippen molar-refractivity contribution < 1.29 is 18.0 Å². The quantitative estimate of drug-likeness (QED) is 0.459. The van der Waals surface area contributed by atoms with Gasteiger partial charge in [-0.3, -0.25) is 9.48 Å². The summed E-state index contributed by atoms with van der Waals surface area (Å²) in [6.45, 7) is 8.28. The van der Waals surface area contributed by atoms with Gasteiger partial charge in [0, 0.05) is 50.1 Å². The summed E-state index contributed by atoms with van der Waals surface area (Å²) in [6, 6.07) is 4.62. The average Bonchev–Trinajstić information content (AvgIpc) is 3.41. The van der Waals surface area contributed by atoms with Crippen LogP contribution in [-0.4, -0.2) is 57.8 Å². The van der Waals surface area contributed by atoms with Crippen LogP contribution in [0.25, 0.3) is 0 Å². The summed E-state index contributed by atoms with van der Waals surface area (Å²) >= 11 is 7.39. The summed E-state index contributed by atoms with van der Waals surface area (Å²) in [7, 11) is 0. The van der Waals surface area contributed by atoms with Gasteiger partial charge < -0.3 is 14.7 Å². The van der Waals surface area contributed by atoms with Crippen molar-refractivity contribution in [3.8, 4) is 0 Å². The molecule has 3 aromatic rings. The number of anilines is 2. The fourth-order valence-corrected chi connectivity index (χ4v) is 6.30. The predicted octanol–water partition coefficient (Wildman–Crippen LogP) is 4.93. The van der Waals surface area contributed by atoms with Crippen LogP contribution >= 0.6 is 22.9 Å². The van der Waals surface area contributed by atoms with E-state index >= 15 is 0 Å². The first-order valence-corrected chi connectivity index (χ1v) is 13.3. The molecular formula is C25H28ClF3N6OS. The third-order valence-corrected chi connectivity index (χ3v) is 8.28. The molecule has 2 aliphatic rings. The standard InChI is InChI=1S/C25H28ClF3N6OS/c1-15-10-16(2)35(31-15)14-23(36)34-9-8-32(12-17(34)3)21-5-4-20(25(27,28)29)18-6-7-33(13-19(18)21)24-30-11-22(26)37-24/h4-5,10-11,17H,6-9,12-14H2,1-3H3/t17-/m1/s1. The Hall–Kier alpha value is -2.79. The minimum Gasteiger partial charge on any atom is -0.367 e. The van der Waals surface area contributed by atoms with Crippen LogP contribution in [0, 0.1) is 13.8 Å². The molecule has 2 aliphatic heterocycles. The number of amides is 1. The number of aryl methyl sites for hydroxylation is 2. The topological polar surface area (TPSA) is 57.5 Å². The summed E-state index contributed by atoms with van der Waals surface area (Å²) in [5, 5.41) is 5.09. The van der Waals surface area contributed by atoms with E-state index in [9.17, 15) is 18.0 Å². The molecule has 0 aliphatic carbocycles. The van der Waals surface area contributed by atoms with Crippen LogP contribution in [0.5, 0.6) is 0 Å². The molecule has 0 spiro atoms. The molecule has 12 heteroatoms. The van der Waals surface area contributed by atoms with E-state index in [1.165, 1.54) is 17.4 Å². The van der Waals surface area contributed by atoms with Crippen LogP contribution < -0.4 is 9.80 Å². The van der Waals surface area contributed by atoms with E-state index in [1.807, 2.05) is 36.6 Å². The fourth-order valence-electron chi connectivity index (χ4n) is 5.38. The molecule has 1 fully saturated rings. The number of aromatic nitrogens is 3. The van der Waals surface area contributed by atoms with E-state index < -0.39 is 11.7 Å². The van der Waals surface area contributed by atoms with Gasteiger partial charge in [-0.25, -0.2) is 4.98 Å². The second kappa shape index (κ2) is 9.83. The zero-order valence-corrected chi connectivity index (χ0v) is 22.4. The molecule has 198 valence electrons. The maximum atomic E-state index is 13.9. The molecule has 0 N–H and O–H groups in total. The van der Waals surface area contributed by atoms with Gasteiger partial charge in [-0.2, -0.15) is 18.3 Å². The van der Waals surface area contributed by atoms with Gasteiger partial charge in [0.15, 0.2) is 5.13 Å². The molecule has 0 unspecified atom stereocenters. The van der Waals surface area contributed by atoms with Crippen LogP contribution in [0.1, 0.15) is 35.0 Å². The number of fused-ring (bicyclic) bond motifs is 1. The summed E-state index contributed by atoms with van der Waals surface area (Å²) in [5.74, 6) is -0.0142. The highest BCUT2D eigenvalue weighted by Gasteiger charge is 2.38. The number of thiazole rings is 1. The van der Waals surface area contributed by atoms with Crippen molar-refractivity contribution in [1.82, 2.24) is 19.7 Å². The molecule has 1 atom stereocenters. The van der Waals surface area contributed by atoms with Gasteiger partial charge in [-0.15, -0.1) is 0 Å². The first kappa shape index (κ1) is 25.8. The molecule has 4 heterocycles. The van der Waals surface area contributed by atoms with Gasteiger partial charge in [0.05, 0.1) is 17.5 Å². The van der Waals surface area contributed by atoms with Gasteiger partial charge in [0.1, 0.15) is 10.9 Å². The van der Waals surface area contributed by atoms with Crippen molar-refractivity contribution in [3.05, 3.63) is 56.8 Å². The van der Waals surface area contributed by atoms with Crippen molar-refractivity contribution >= 4 is 39.7 Å². The first-order valence-electron chi connectivity index (χ1n) is 12.1. The summed E-state index contributed by atoms with van der Waals surface area (Å²) in [6.07, 6.45) is -2.59. The van der Waals surface area contributed by atoms with Crippen LogP contribution in [0.4, 0.5) is 24.0 Å². The Bertz CT molecular complexity index is 1320. The summed E-state index contributed by atoms with van der Waals surface area (Å²) in [5.41, 5.74) is 3.02. The molecule has 2 aromatic heterocycles. The molecule has 0 saturated carbocycles. The zero-order valence-electron chi connectivity index (χ0n) is 20.8. The summed E-state index contributed by atoms with van der Waals surface area (Å²) in [4.78, 5) is 23.3. The molecule has 0 radical (unpaired) electrons. The number of carbonyl (C=O) groups is 1. The van der Waals surface area contributed by atoms with E-state index in [2.05, 4.69) is 15.0 Å². The van der Waals surface area contributed by atoms with Crippen molar-refractivity contribution in [2.75, 3.05) is 36.0 Å². The molecule has 1 saturated heterocycles. The lowest BCUT2D eigenvalue weighted by Gasteiger charge is -2.43. The van der Waals surface area contributed by atoms with Crippen molar-refractivity contribution in [2.45, 2.75) is 52.5 Å². The minimum absolute atomic E-state index is 0.0142. The summed E-state index contributed by atoms with van der Waals surface area (Å²) < 4.78 is 43.9. The van der Waals surface area contributed by atoms with E-state index in [-0.39, 0.29) is 24.9 Å². The lowest BCUT2D eigenvalue weighted by atomic mass is 9.91. The van der Waals surface area contributed by atoms with E-state index in [0.29, 0.717) is 53.3 Å². The third-order valence-electron chi connectivity index (χ3n) is 7.11. The second-order valence-electron chi connectivity index (χ2n) is 9.67. The molecule has 0 bridgehead atoms. The molecule has 1 aromatic carbocycles. The monoisotopic (exact) mass is 552 g/mol. The Morgan fingerprint density at radius 2 is 1.95 bits per heavy atom. The number of hydrogen-bond donors (Lipinski definition) is 0. The van der Waals surface area contributed by atoms with E-state index in [4.69, 9.17) is 11.6 Å². The Kier molecular flexibility index (Phi) is 6.86. The van der Waals surface area contributed by atoms with Crippen LogP contribution in [0.15, 0.2) is 24.4 Å². The number of hydrogen-bond acceptors (Lipinski definition) is 6. The average molecular weight is 553 g/mol. The van der Waals surface area contributed by atoms with Crippen molar-refractivity contribution in [2.24, 2.45) is 0 Å². The van der Waals surface area contributed by atoms with Gasteiger partial charge in [-0.1, -0.05) is 22.9 Å². The van der Waals surface area contributed by atoms with Crippen molar-refractivity contribution in [3.63, 3.8) is 0 Å². The number of halogens is 4. The molecule has 37 heavy (non-hydrogen) atoms. The SMILES string of the molecule is Cc1cc(C)n(CC(=O)N2CCN(c3ccc(C(F)(F)F)c4c3CN(c3ncc(Cl)s3)CC4)C[C@H]2C)n1. The van der Waals surface area contributed by atoms with E-state index in [0.717, 1.165) is 17.1 Å². The van der Waals surface area contributed by atoms with Crippen LogP contribution in [0.2, 0.25) is 4.34 Å². The lowest BCUT2D eigenvalue weighted by Crippen LogP contribution is -2.55. The molecule has 7 nitrogen and oxygen atoms in total. The van der Waals surface area contributed by atoms with Gasteiger partial charge in [0.25, 0.3) is 0 Å². The minimum atomic E-state index is -4.42. The van der Waals surface area contributed by atoms with Crippen molar-refractivity contribution in [1.29, 1.82) is 0 Å². The van der Waals surface area contributed by atoms with E-state index in [1.54, 1.807) is 16.9 Å². The molecule has 1 amide bonds. The Morgan fingerprint density at radius 1 is 1.16 bits per heavy atom. The predicted molar refractivity (Wildman–Crippen MR) is 138 cm³/mol. The van der Waals surface area contributed by atoms with Gasteiger partial charge >= 0.3 is 6.18 Å². The number of alkyl halides is 3. The maximum absolute atomic E-state index is 13.9. The number of carbonyl (C=O) groups excluding carboxylic acids is 1. The Morgan fingerprint density at radius 3 is 2.57 bits per heavy atom. The number of benzene rings is 1. The Labute approximate surface area is 222 Å². The second-order valence-corrected chi connectivity index (χ2v) is 11.3. The fraction of sp³-hybridized carbons (Fsp3) is 0.480. The third kappa shape index (κ3) is 5.16. The number of rotatable bonds is 4. The molecule has 5 rings (SSSR count). The highest BCUT2D eigenvalue weighted by molar-refractivity contribution is 7.19.